The molecule has 0 aliphatic carbocycles. The molecule has 1 aliphatic heterocycles. The van der Waals surface area contributed by atoms with Crippen molar-refractivity contribution in [1.29, 1.82) is 0 Å². The quantitative estimate of drug-likeness (QED) is 0.937. The highest BCUT2D eigenvalue weighted by atomic mass is 16.5. The average molecular weight is 298 g/mol. The molecule has 0 unspecified atom stereocenters. The van der Waals surface area contributed by atoms with Gasteiger partial charge in [-0.05, 0) is 36.8 Å². The van der Waals surface area contributed by atoms with E-state index < -0.39 is 0 Å². The Hall–Kier alpha value is -2.47. The van der Waals surface area contributed by atoms with Gasteiger partial charge in [-0.25, -0.2) is 0 Å². The maximum absolute atomic E-state index is 12.2. The molecule has 0 bridgehead atoms. The number of nitrogens with one attached hydrogen (secondary N) is 1. The van der Waals surface area contributed by atoms with E-state index in [0.717, 1.165) is 30.2 Å². The van der Waals surface area contributed by atoms with Crippen LogP contribution in [0.1, 0.15) is 16.1 Å². The Morgan fingerprint density at radius 3 is 2.68 bits per heavy atom. The maximum atomic E-state index is 12.2. The molecule has 1 amide bonds. The number of hydrogen-bond donors (Lipinski definition) is 1. The number of aryl methyl sites for hydroxylation is 1. The van der Waals surface area contributed by atoms with E-state index in [1.165, 1.54) is 0 Å². The van der Waals surface area contributed by atoms with E-state index in [0.29, 0.717) is 18.9 Å². The number of benzene rings is 1. The standard InChI is InChI=1S/C16H18N4O2/c1-12-3-2-4-13(11-12)17-16(21)14-5-6-15(19-18-14)20-7-9-22-10-8-20/h2-6,11H,7-10H2,1H3,(H,17,21). The van der Waals surface area contributed by atoms with Gasteiger partial charge in [-0.2, -0.15) is 0 Å². The summed E-state index contributed by atoms with van der Waals surface area (Å²) < 4.78 is 5.31. The van der Waals surface area contributed by atoms with Crippen molar-refractivity contribution in [2.24, 2.45) is 0 Å². The maximum Gasteiger partial charge on any atom is 0.276 e. The second-order valence-corrected chi connectivity index (χ2v) is 5.20. The van der Waals surface area contributed by atoms with Crippen molar-refractivity contribution in [2.45, 2.75) is 6.92 Å². The highest BCUT2D eigenvalue weighted by molar-refractivity contribution is 6.02. The highest BCUT2D eigenvalue weighted by Gasteiger charge is 2.14. The van der Waals surface area contributed by atoms with E-state index >= 15 is 0 Å². The molecule has 0 spiro atoms. The summed E-state index contributed by atoms with van der Waals surface area (Å²) in [4.78, 5) is 14.3. The van der Waals surface area contributed by atoms with Crippen molar-refractivity contribution in [3.8, 4) is 0 Å². The molecule has 6 nitrogen and oxygen atoms in total. The van der Waals surface area contributed by atoms with Gasteiger partial charge in [0.1, 0.15) is 0 Å². The molecule has 3 rings (SSSR count). The number of aromatic nitrogens is 2. The van der Waals surface area contributed by atoms with Gasteiger partial charge in [-0.3, -0.25) is 4.79 Å². The number of amides is 1. The van der Waals surface area contributed by atoms with Gasteiger partial charge in [0.2, 0.25) is 0 Å². The van der Waals surface area contributed by atoms with Crippen LogP contribution >= 0.6 is 0 Å². The lowest BCUT2D eigenvalue weighted by Gasteiger charge is -2.27. The van der Waals surface area contributed by atoms with Crippen molar-refractivity contribution >= 4 is 17.4 Å². The zero-order valence-corrected chi connectivity index (χ0v) is 12.5. The lowest BCUT2D eigenvalue weighted by molar-refractivity contribution is 0.102. The summed E-state index contributed by atoms with van der Waals surface area (Å²) in [7, 11) is 0. The summed E-state index contributed by atoms with van der Waals surface area (Å²) in [5, 5.41) is 11.0. The van der Waals surface area contributed by atoms with E-state index in [1.807, 2.05) is 37.3 Å². The van der Waals surface area contributed by atoms with Crippen LogP contribution < -0.4 is 10.2 Å². The third-order valence-corrected chi connectivity index (χ3v) is 3.49. The first-order valence-electron chi connectivity index (χ1n) is 7.27. The van der Waals surface area contributed by atoms with Crippen LogP contribution in [0.5, 0.6) is 0 Å². The Balaban J connectivity index is 1.68. The Morgan fingerprint density at radius 2 is 2.00 bits per heavy atom. The number of ether oxygens (including phenoxy) is 1. The predicted octanol–water partition coefficient (Wildman–Crippen LogP) is 1.87. The molecule has 1 saturated heterocycles. The van der Waals surface area contributed by atoms with Gasteiger partial charge >= 0.3 is 0 Å². The molecule has 1 N–H and O–H groups in total. The van der Waals surface area contributed by atoms with E-state index in [2.05, 4.69) is 20.4 Å². The Kier molecular flexibility index (Phi) is 4.29. The first-order chi connectivity index (χ1) is 10.7. The molecular formula is C16H18N4O2. The molecule has 6 heteroatoms. The monoisotopic (exact) mass is 298 g/mol. The first kappa shape index (κ1) is 14.5. The second kappa shape index (κ2) is 6.53. The van der Waals surface area contributed by atoms with Crippen LogP contribution in [-0.4, -0.2) is 42.4 Å². The minimum Gasteiger partial charge on any atom is -0.378 e. The molecule has 1 aromatic heterocycles. The van der Waals surface area contributed by atoms with Crippen molar-refractivity contribution in [2.75, 3.05) is 36.5 Å². The van der Waals surface area contributed by atoms with Crippen molar-refractivity contribution in [3.63, 3.8) is 0 Å². The van der Waals surface area contributed by atoms with Gasteiger partial charge in [-0.1, -0.05) is 12.1 Å². The number of carbonyl (C=O) groups is 1. The van der Waals surface area contributed by atoms with E-state index in [-0.39, 0.29) is 5.91 Å². The Morgan fingerprint density at radius 1 is 1.18 bits per heavy atom. The van der Waals surface area contributed by atoms with E-state index in [1.54, 1.807) is 6.07 Å². The normalized spacial score (nSPS) is 14.7. The van der Waals surface area contributed by atoms with E-state index in [9.17, 15) is 4.79 Å². The van der Waals surface area contributed by atoms with E-state index in [4.69, 9.17) is 4.74 Å². The number of morpholine rings is 1. The largest absolute Gasteiger partial charge is 0.378 e. The van der Waals surface area contributed by atoms with Gasteiger partial charge in [0.05, 0.1) is 13.2 Å². The summed E-state index contributed by atoms with van der Waals surface area (Å²) in [6.45, 7) is 4.95. The van der Waals surface area contributed by atoms with Gasteiger partial charge in [0.25, 0.3) is 5.91 Å². The van der Waals surface area contributed by atoms with Crippen LogP contribution in [0.3, 0.4) is 0 Å². The third kappa shape index (κ3) is 3.40. The molecule has 1 aromatic carbocycles. The molecule has 0 atom stereocenters. The number of carbonyl (C=O) groups excluding carboxylic acids is 1. The molecule has 2 aromatic rings. The third-order valence-electron chi connectivity index (χ3n) is 3.49. The fourth-order valence-electron chi connectivity index (χ4n) is 2.33. The summed E-state index contributed by atoms with van der Waals surface area (Å²) in [5.41, 5.74) is 2.15. The number of rotatable bonds is 3. The molecule has 22 heavy (non-hydrogen) atoms. The van der Waals surface area contributed by atoms with Gasteiger partial charge < -0.3 is 15.0 Å². The fourth-order valence-corrected chi connectivity index (χ4v) is 2.33. The molecular weight excluding hydrogens is 280 g/mol. The van der Waals surface area contributed by atoms with Crippen LogP contribution in [-0.2, 0) is 4.74 Å². The van der Waals surface area contributed by atoms with Gasteiger partial charge in [0, 0.05) is 18.8 Å². The Labute approximate surface area is 129 Å². The summed E-state index contributed by atoms with van der Waals surface area (Å²) >= 11 is 0. The SMILES string of the molecule is Cc1cccc(NC(=O)c2ccc(N3CCOCC3)nn2)c1. The van der Waals surface area contributed by atoms with Crippen LogP contribution in [0.4, 0.5) is 11.5 Å². The van der Waals surface area contributed by atoms with Crippen LogP contribution in [0.25, 0.3) is 0 Å². The van der Waals surface area contributed by atoms with Crippen LogP contribution in [0.15, 0.2) is 36.4 Å². The van der Waals surface area contributed by atoms with Crippen molar-refractivity contribution in [1.82, 2.24) is 10.2 Å². The zero-order chi connectivity index (χ0) is 15.4. The van der Waals surface area contributed by atoms with Crippen LogP contribution in [0.2, 0.25) is 0 Å². The topological polar surface area (TPSA) is 67.4 Å². The number of hydrogen-bond acceptors (Lipinski definition) is 5. The predicted molar refractivity (Wildman–Crippen MR) is 84.2 cm³/mol. The molecule has 1 fully saturated rings. The summed E-state index contributed by atoms with van der Waals surface area (Å²) in [6, 6.07) is 11.2. The number of anilines is 2. The van der Waals surface area contributed by atoms with Gasteiger partial charge in [0.15, 0.2) is 11.5 Å². The smallest absolute Gasteiger partial charge is 0.276 e. The molecule has 1 aliphatic rings. The van der Waals surface area contributed by atoms with Crippen molar-refractivity contribution in [3.05, 3.63) is 47.7 Å². The summed E-state index contributed by atoms with van der Waals surface area (Å²) in [5.74, 6) is 0.516. The molecule has 0 radical (unpaired) electrons. The van der Waals surface area contributed by atoms with Gasteiger partial charge in [-0.15, -0.1) is 10.2 Å². The second-order valence-electron chi connectivity index (χ2n) is 5.20. The minimum absolute atomic E-state index is 0.258. The highest BCUT2D eigenvalue weighted by Crippen LogP contribution is 2.13. The molecule has 2 heterocycles. The number of nitrogens with zero attached hydrogens (tertiary/aromatic N) is 3. The average Bonchev–Trinajstić information content (AvgIpc) is 2.56. The van der Waals surface area contributed by atoms with Crippen LogP contribution in [0, 0.1) is 6.92 Å². The van der Waals surface area contributed by atoms with Crippen molar-refractivity contribution < 1.29 is 9.53 Å². The minimum atomic E-state index is -0.258. The first-order valence-corrected chi connectivity index (χ1v) is 7.27. The molecule has 0 saturated carbocycles. The Bertz CT molecular complexity index is 651. The lowest BCUT2D eigenvalue weighted by Crippen LogP contribution is -2.37. The fraction of sp³-hybridized carbons (Fsp3) is 0.312. The lowest BCUT2D eigenvalue weighted by atomic mass is 10.2. The zero-order valence-electron chi connectivity index (χ0n) is 12.5. The summed E-state index contributed by atoms with van der Waals surface area (Å²) in [6.07, 6.45) is 0. The molecule has 114 valence electrons.